The number of allylic oxidation sites excluding steroid dienone is 2. The van der Waals surface area contributed by atoms with E-state index in [2.05, 4.69) is 11.6 Å². The van der Waals surface area contributed by atoms with Gasteiger partial charge in [0.05, 0.1) is 0 Å². The highest BCUT2D eigenvalue weighted by atomic mass is 35.5. The average Bonchev–Trinajstić information content (AvgIpc) is 2.11. The molecule has 0 rings (SSSR count). The highest BCUT2D eigenvalue weighted by Crippen LogP contribution is 2.05. The van der Waals surface area contributed by atoms with Gasteiger partial charge in [0.2, 0.25) is 0 Å². The van der Waals surface area contributed by atoms with Crippen molar-refractivity contribution in [1.29, 1.82) is 0 Å². The van der Waals surface area contributed by atoms with Crippen molar-refractivity contribution in [3.8, 4) is 0 Å². The summed E-state index contributed by atoms with van der Waals surface area (Å²) in [7, 11) is 0. The van der Waals surface area contributed by atoms with Crippen LogP contribution in [-0.2, 0) is 4.79 Å². The number of aliphatic imine (C=N–C) groups is 1. The summed E-state index contributed by atoms with van der Waals surface area (Å²) < 4.78 is 0. The van der Waals surface area contributed by atoms with Crippen LogP contribution in [-0.4, -0.2) is 11.0 Å². The van der Waals surface area contributed by atoms with Crippen LogP contribution in [0.2, 0.25) is 0 Å². The molecule has 0 atom stereocenters. The molecule has 0 saturated carbocycles. The molecule has 0 aromatic carbocycles. The first-order valence-corrected chi connectivity index (χ1v) is 4.43. The monoisotopic (exact) mass is 215 g/mol. The van der Waals surface area contributed by atoms with Crippen molar-refractivity contribution in [1.82, 2.24) is 0 Å². The average molecular weight is 216 g/mol. The second kappa shape index (κ2) is 7.51. The number of ketones is 1. The highest BCUT2D eigenvalue weighted by Gasteiger charge is 2.08. The van der Waals surface area contributed by atoms with Gasteiger partial charge in [0, 0.05) is 17.7 Å². The number of halogens is 1. The number of Topliss-reactive ketones (excluding diaryl/α,β-unsaturated/α-hetero) is 1. The number of carbonyl (C=O) groups is 1. The molecule has 0 amide bonds. The van der Waals surface area contributed by atoms with Crippen molar-refractivity contribution in [3.63, 3.8) is 0 Å². The summed E-state index contributed by atoms with van der Waals surface area (Å²) in [4.78, 5) is 15.2. The Morgan fingerprint density at radius 1 is 1.50 bits per heavy atom. The first-order chi connectivity index (χ1) is 5.99. The lowest BCUT2D eigenvalue weighted by atomic mass is 10.0. The van der Waals surface area contributed by atoms with Crippen molar-refractivity contribution >= 4 is 22.6 Å². The number of hydrogen-bond acceptors (Lipinski definition) is 2. The molecule has 0 aliphatic heterocycles. The van der Waals surface area contributed by atoms with Crippen molar-refractivity contribution in [2.75, 3.05) is 0 Å². The van der Waals surface area contributed by atoms with E-state index in [4.69, 9.17) is 11.6 Å². The zero-order valence-electron chi connectivity index (χ0n) is 8.17. The Labute approximate surface area is 91.4 Å². The molecular weight excluding hydrogens is 198 g/mol. The molecule has 0 fully saturated rings. The Balaban J connectivity index is 0. The van der Waals surface area contributed by atoms with Gasteiger partial charge in [-0.3, -0.25) is 4.79 Å². The van der Waals surface area contributed by atoms with Crippen molar-refractivity contribution in [2.24, 2.45) is 10.9 Å². The Bertz CT molecular complexity index is 264. The summed E-state index contributed by atoms with van der Waals surface area (Å²) in [5.41, 5.74) is 0.606. The van der Waals surface area contributed by atoms with E-state index in [0.29, 0.717) is 5.57 Å². The van der Waals surface area contributed by atoms with Gasteiger partial charge < -0.3 is 0 Å². The molecule has 80 valence electrons. The first kappa shape index (κ1) is 15.6. The van der Waals surface area contributed by atoms with E-state index in [1.165, 1.54) is 12.3 Å². The fourth-order valence-electron chi connectivity index (χ4n) is 0.730. The second-order valence-electron chi connectivity index (χ2n) is 2.99. The maximum Gasteiger partial charge on any atom is 0.162 e. The zero-order valence-corrected chi connectivity index (χ0v) is 8.93. The van der Waals surface area contributed by atoms with Gasteiger partial charge in [0.1, 0.15) is 5.17 Å². The fourth-order valence-corrected chi connectivity index (χ4v) is 0.779. The molecule has 0 aromatic heterocycles. The van der Waals surface area contributed by atoms with E-state index < -0.39 is 0 Å². The fraction of sp³-hybridized carbons (Fsp3) is 0.455. The standard InChI is InChI=1S/C10H14ClNO.CH4/c1-5-9(11)12-6-8(4)10(13)7(2)3;/h5-7H,1H2,2-4H3;1H4/b8-6+,12-9?;. The van der Waals surface area contributed by atoms with Crippen LogP contribution in [0.1, 0.15) is 28.2 Å². The van der Waals surface area contributed by atoms with Crippen molar-refractivity contribution < 1.29 is 4.79 Å². The van der Waals surface area contributed by atoms with E-state index in [1.807, 2.05) is 13.8 Å². The van der Waals surface area contributed by atoms with Gasteiger partial charge >= 0.3 is 0 Å². The van der Waals surface area contributed by atoms with Crippen molar-refractivity contribution in [2.45, 2.75) is 28.2 Å². The first-order valence-electron chi connectivity index (χ1n) is 4.05. The molecule has 0 aliphatic rings. The topological polar surface area (TPSA) is 29.4 Å². The third kappa shape index (κ3) is 5.70. The predicted molar refractivity (Wildman–Crippen MR) is 63.8 cm³/mol. The van der Waals surface area contributed by atoms with Crippen LogP contribution in [0.3, 0.4) is 0 Å². The van der Waals surface area contributed by atoms with Gasteiger partial charge in [-0.25, -0.2) is 4.99 Å². The van der Waals surface area contributed by atoms with Crippen LogP contribution in [0.15, 0.2) is 29.4 Å². The van der Waals surface area contributed by atoms with Gasteiger partial charge in [-0.2, -0.15) is 0 Å². The second-order valence-corrected chi connectivity index (χ2v) is 3.37. The predicted octanol–water partition coefficient (Wildman–Crippen LogP) is 3.57. The molecule has 0 N–H and O–H groups in total. The van der Waals surface area contributed by atoms with Crippen LogP contribution < -0.4 is 0 Å². The van der Waals surface area contributed by atoms with Crippen LogP contribution in [0.5, 0.6) is 0 Å². The van der Waals surface area contributed by atoms with E-state index in [1.54, 1.807) is 6.92 Å². The molecule has 0 saturated heterocycles. The summed E-state index contributed by atoms with van der Waals surface area (Å²) in [6, 6.07) is 0. The summed E-state index contributed by atoms with van der Waals surface area (Å²) in [6.07, 6.45) is 2.89. The van der Waals surface area contributed by atoms with Crippen molar-refractivity contribution in [3.05, 3.63) is 24.4 Å². The maximum absolute atomic E-state index is 11.3. The Morgan fingerprint density at radius 2 is 2.00 bits per heavy atom. The lowest BCUT2D eigenvalue weighted by Gasteiger charge is -2.01. The maximum atomic E-state index is 11.3. The van der Waals surface area contributed by atoms with E-state index >= 15 is 0 Å². The van der Waals surface area contributed by atoms with E-state index in [-0.39, 0.29) is 24.3 Å². The smallest absolute Gasteiger partial charge is 0.162 e. The van der Waals surface area contributed by atoms with Gasteiger partial charge in [-0.1, -0.05) is 39.5 Å². The molecule has 0 aliphatic carbocycles. The SMILES string of the molecule is C.C=CC(Cl)=N/C=C(\C)C(=O)C(C)C. The number of nitrogens with zero attached hydrogens (tertiary/aromatic N) is 1. The molecule has 0 bridgehead atoms. The van der Waals surface area contributed by atoms with Crippen LogP contribution in [0, 0.1) is 5.92 Å². The molecule has 0 unspecified atom stereocenters. The lowest BCUT2D eigenvalue weighted by Crippen LogP contribution is -2.07. The summed E-state index contributed by atoms with van der Waals surface area (Å²) in [6.45, 7) is 8.85. The van der Waals surface area contributed by atoms with Crippen LogP contribution >= 0.6 is 11.6 Å². The Hall–Kier alpha value is -0.890. The van der Waals surface area contributed by atoms with Crippen LogP contribution in [0.25, 0.3) is 0 Å². The normalized spacial score (nSPS) is 12.4. The van der Waals surface area contributed by atoms with E-state index in [0.717, 1.165) is 0 Å². The third-order valence-corrected chi connectivity index (χ3v) is 1.71. The third-order valence-electron chi connectivity index (χ3n) is 1.46. The minimum atomic E-state index is -0.00560. The molecule has 14 heavy (non-hydrogen) atoms. The number of carbonyl (C=O) groups excluding carboxylic acids is 1. The minimum absolute atomic E-state index is 0. The summed E-state index contributed by atoms with van der Waals surface area (Å²) >= 11 is 5.57. The molecule has 0 heterocycles. The van der Waals surface area contributed by atoms with Gasteiger partial charge in [-0.05, 0) is 13.0 Å². The minimum Gasteiger partial charge on any atom is -0.294 e. The molecule has 0 aromatic rings. The highest BCUT2D eigenvalue weighted by molar-refractivity contribution is 6.68. The lowest BCUT2D eigenvalue weighted by molar-refractivity contribution is -0.118. The molecular formula is C11H18ClNO. The quantitative estimate of drug-likeness (QED) is 0.521. The van der Waals surface area contributed by atoms with E-state index in [9.17, 15) is 4.79 Å². The summed E-state index contributed by atoms with van der Waals surface area (Å²) in [5, 5.41) is 0.288. The molecule has 3 heteroatoms. The Kier molecular flexibility index (Phi) is 8.35. The van der Waals surface area contributed by atoms with Crippen LogP contribution in [0.4, 0.5) is 0 Å². The molecule has 0 spiro atoms. The number of hydrogen-bond donors (Lipinski definition) is 0. The Morgan fingerprint density at radius 3 is 2.36 bits per heavy atom. The molecule has 2 nitrogen and oxygen atoms in total. The largest absolute Gasteiger partial charge is 0.294 e. The number of rotatable bonds is 4. The zero-order chi connectivity index (χ0) is 10.4. The van der Waals surface area contributed by atoms with Gasteiger partial charge in [0.15, 0.2) is 5.78 Å². The summed E-state index contributed by atoms with van der Waals surface area (Å²) in [5.74, 6) is 0.0752. The van der Waals surface area contributed by atoms with Gasteiger partial charge in [0.25, 0.3) is 0 Å². The molecule has 0 radical (unpaired) electrons. The van der Waals surface area contributed by atoms with Gasteiger partial charge in [-0.15, -0.1) is 0 Å².